The number of benzene rings is 1. The molecule has 2 nitrogen and oxygen atoms in total. The summed E-state index contributed by atoms with van der Waals surface area (Å²) in [5.74, 6) is -7.25. The largest absolute Gasteiger partial charge is 0.406 e. The monoisotopic (exact) mass is 268 g/mol. The highest BCUT2D eigenvalue weighted by Gasteiger charge is 2.39. The number of nitrogens with one attached hydrogen (secondary N) is 1. The normalized spacial score (nSPS) is 12.9. The van der Waals surface area contributed by atoms with Crippen molar-refractivity contribution < 1.29 is 26.3 Å². The van der Waals surface area contributed by atoms with Gasteiger partial charge in [0.25, 0.3) is 0 Å². The number of nitrogens with zero attached hydrogens (tertiary/aromatic N) is 1. The van der Waals surface area contributed by atoms with Crippen molar-refractivity contribution in [1.82, 2.24) is 0 Å². The Hall–Kier alpha value is -1.91. The van der Waals surface area contributed by atoms with E-state index in [9.17, 15) is 26.3 Å². The van der Waals surface area contributed by atoms with E-state index in [-0.39, 0.29) is 0 Å². The van der Waals surface area contributed by atoms with Gasteiger partial charge in [-0.25, -0.2) is 13.2 Å². The zero-order valence-electron chi connectivity index (χ0n) is 8.65. The highest BCUT2D eigenvalue weighted by atomic mass is 19.4. The van der Waals surface area contributed by atoms with Crippen LogP contribution < -0.4 is 5.32 Å². The summed E-state index contributed by atoms with van der Waals surface area (Å²) in [5.41, 5.74) is -0.640. The standard InChI is InChI=1S/C10H6F6N2/c11-6-1-2-7(9(13)8(6)12)18-4-5(3-17)10(14,15)16/h1-2,5,18H,4H2. The first-order valence-corrected chi connectivity index (χ1v) is 4.61. The Labute approximate surface area is 97.8 Å². The van der Waals surface area contributed by atoms with E-state index in [0.29, 0.717) is 6.07 Å². The molecule has 0 aliphatic heterocycles. The number of alkyl halides is 3. The molecule has 98 valence electrons. The summed E-state index contributed by atoms with van der Waals surface area (Å²) >= 11 is 0. The molecule has 0 aliphatic rings. The van der Waals surface area contributed by atoms with Crippen LogP contribution in [0.2, 0.25) is 0 Å². The van der Waals surface area contributed by atoms with Crippen LogP contribution in [0, 0.1) is 34.7 Å². The van der Waals surface area contributed by atoms with Gasteiger partial charge in [0.05, 0.1) is 11.8 Å². The van der Waals surface area contributed by atoms with Crippen LogP contribution in [-0.2, 0) is 0 Å². The van der Waals surface area contributed by atoms with E-state index in [1.54, 1.807) is 0 Å². The summed E-state index contributed by atoms with van der Waals surface area (Å²) in [7, 11) is 0. The summed E-state index contributed by atoms with van der Waals surface area (Å²) in [6.07, 6.45) is -4.78. The van der Waals surface area contributed by atoms with E-state index >= 15 is 0 Å². The number of halogens is 6. The number of hydrogen-bond acceptors (Lipinski definition) is 2. The molecule has 0 aromatic heterocycles. The molecule has 0 saturated carbocycles. The van der Waals surface area contributed by atoms with Gasteiger partial charge in [-0.2, -0.15) is 18.4 Å². The molecule has 1 aromatic carbocycles. The minimum Gasteiger partial charge on any atom is -0.381 e. The highest BCUT2D eigenvalue weighted by molar-refractivity contribution is 5.45. The summed E-state index contributed by atoms with van der Waals surface area (Å²) in [5, 5.41) is 10.2. The van der Waals surface area contributed by atoms with E-state index in [1.165, 1.54) is 0 Å². The Kier molecular flexibility index (Phi) is 4.06. The highest BCUT2D eigenvalue weighted by Crippen LogP contribution is 2.27. The number of nitriles is 1. The summed E-state index contributed by atoms with van der Waals surface area (Å²) in [4.78, 5) is 0. The van der Waals surface area contributed by atoms with Gasteiger partial charge in [0.2, 0.25) is 0 Å². The van der Waals surface area contributed by atoms with Crippen LogP contribution in [0.3, 0.4) is 0 Å². The molecule has 1 rings (SSSR count). The third-order valence-electron chi connectivity index (χ3n) is 2.08. The maximum absolute atomic E-state index is 13.1. The van der Waals surface area contributed by atoms with Gasteiger partial charge in [-0.1, -0.05) is 0 Å². The first-order valence-electron chi connectivity index (χ1n) is 4.61. The quantitative estimate of drug-likeness (QED) is 0.675. The maximum atomic E-state index is 13.1. The van der Waals surface area contributed by atoms with Gasteiger partial charge < -0.3 is 5.32 Å². The smallest absolute Gasteiger partial charge is 0.381 e. The van der Waals surface area contributed by atoms with Crippen molar-refractivity contribution in [3.8, 4) is 6.07 Å². The molecule has 18 heavy (non-hydrogen) atoms. The van der Waals surface area contributed by atoms with Crippen molar-refractivity contribution in [3.05, 3.63) is 29.6 Å². The maximum Gasteiger partial charge on any atom is 0.406 e. The first-order chi connectivity index (χ1) is 8.27. The van der Waals surface area contributed by atoms with Crippen LogP contribution in [0.25, 0.3) is 0 Å². The molecule has 1 atom stereocenters. The lowest BCUT2D eigenvalue weighted by Crippen LogP contribution is -2.28. The molecule has 0 heterocycles. The molecule has 0 fully saturated rings. The van der Waals surface area contributed by atoms with Gasteiger partial charge in [0.1, 0.15) is 0 Å². The topological polar surface area (TPSA) is 35.8 Å². The Morgan fingerprint density at radius 3 is 2.28 bits per heavy atom. The summed E-state index contributed by atoms with van der Waals surface area (Å²) in [6.45, 7) is -0.956. The fourth-order valence-electron chi connectivity index (χ4n) is 1.11. The van der Waals surface area contributed by atoms with Gasteiger partial charge in [0, 0.05) is 6.54 Å². The molecule has 0 radical (unpaired) electrons. The molecule has 1 unspecified atom stereocenters. The van der Waals surface area contributed by atoms with Crippen molar-refractivity contribution in [1.29, 1.82) is 5.26 Å². The second-order valence-corrected chi connectivity index (χ2v) is 3.33. The number of hydrogen-bond donors (Lipinski definition) is 1. The van der Waals surface area contributed by atoms with Crippen LogP contribution in [0.15, 0.2) is 12.1 Å². The number of anilines is 1. The van der Waals surface area contributed by atoms with Crippen molar-refractivity contribution in [2.75, 3.05) is 11.9 Å². The SMILES string of the molecule is N#CC(CNc1ccc(F)c(F)c1F)C(F)(F)F. The number of rotatable bonds is 3. The molecular formula is C10H6F6N2. The van der Waals surface area contributed by atoms with E-state index < -0.39 is 41.8 Å². The second-order valence-electron chi connectivity index (χ2n) is 3.33. The zero-order valence-corrected chi connectivity index (χ0v) is 8.65. The molecule has 0 spiro atoms. The minimum absolute atomic E-state index is 0.565. The van der Waals surface area contributed by atoms with Crippen LogP contribution in [0.1, 0.15) is 0 Å². The van der Waals surface area contributed by atoms with E-state index in [2.05, 4.69) is 0 Å². The van der Waals surface area contributed by atoms with Crippen LogP contribution in [0.5, 0.6) is 0 Å². The Morgan fingerprint density at radius 1 is 1.17 bits per heavy atom. The predicted molar refractivity (Wildman–Crippen MR) is 50.0 cm³/mol. The molecule has 1 aromatic rings. The van der Waals surface area contributed by atoms with E-state index in [1.807, 2.05) is 5.32 Å². The molecule has 0 aliphatic carbocycles. The van der Waals surface area contributed by atoms with Crippen molar-refractivity contribution in [3.63, 3.8) is 0 Å². The van der Waals surface area contributed by atoms with Crippen molar-refractivity contribution in [2.45, 2.75) is 6.18 Å². The molecule has 0 saturated heterocycles. The molecule has 0 amide bonds. The van der Waals surface area contributed by atoms with Crippen molar-refractivity contribution >= 4 is 5.69 Å². The molecular weight excluding hydrogens is 262 g/mol. The minimum atomic E-state index is -4.78. The van der Waals surface area contributed by atoms with Gasteiger partial charge in [-0.05, 0) is 12.1 Å². The van der Waals surface area contributed by atoms with Gasteiger partial charge in [-0.15, -0.1) is 0 Å². The third kappa shape index (κ3) is 3.06. The summed E-state index contributed by atoms with van der Waals surface area (Å²) in [6, 6.07) is 2.29. The lowest BCUT2D eigenvalue weighted by molar-refractivity contribution is -0.155. The van der Waals surface area contributed by atoms with Crippen LogP contribution >= 0.6 is 0 Å². The molecule has 0 bridgehead atoms. The fraction of sp³-hybridized carbons (Fsp3) is 0.300. The Balaban J connectivity index is 2.82. The van der Waals surface area contributed by atoms with Crippen LogP contribution in [0.4, 0.5) is 32.0 Å². The van der Waals surface area contributed by atoms with E-state index in [4.69, 9.17) is 5.26 Å². The lowest BCUT2D eigenvalue weighted by atomic mass is 10.1. The average Bonchev–Trinajstić information content (AvgIpc) is 2.28. The zero-order chi connectivity index (χ0) is 13.9. The van der Waals surface area contributed by atoms with Gasteiger partial charge in [0.15, 0.2) is 23.4 Å². The van der Waals surface area contributed by atoms with Gasteiger partial charge >= 0.3 is 6.18 Å². The average molecular weight is 268 g/mol. The van der Waals surface area contributed by atoms with Crippen molar-refractivity contribution in [2.24, 2.45) is 5.92 Å². The lowest BCUT2D eigenvalue weighted by Gasteiger charge is -2.15. The first kappa shape index (κ1) is 14.2. The summed E-state index contributed by atoms with van der Waals surface area (Å²) < 4.78 is 74.9. The van der Waals surface area contributed by atoms with Crippen LogP contribution in [-0.4, -0.2) is 12.7 Å². The second kappa shape index (κ2) is 5.16. The predicted octanol–water partition coefficient (Wildman–Crippen LogP) is 3.22. The Morgan fingerprint density at radius 2 is 1.78 bits per heavy atom. The Bertz CT molecular complexity index is 476. The van der Waals surface area contributed by atoms with Gasteiger partial charge in [-0.3, -0.25) is 0 Å². The third-order valence-corrected chi connectivity index (χ3v) is 2.08. The molecule has 8 heteroatoms. The van der Waals surface area contributed by atoms with E-state index in [0.717, 1.165) is 12.1 Å². The molecule has 1 N–H and O–H groups in total. The fourth-order valence-corrected chi connectivity index (χ4v) is 1.11.